The van der Waals surface area contributed by atoms with Gasteiger partial charge in [0.25, 0.3) is 0 Å². The van der Waals surface area contributed by atoms with Crippen LogP contribution >= 0.6 is 0 Å². The Bertz CT molecular complexity index is 788. The number of ether oxygens (including phenoxy) is 2. The number of carbonyl (C=O) groups excluding carboxylic acids is 1. The first kappa shape index (κ1) is 26.4. The van der Waals surface area contributed by atoms with Crippen LogP contribution in [-0.2, 0) is 19.1 Å². The molecule has 8 atom stereocenters. The van der Waals surface area contributed by atoms with Crippen molar-refractivity contribution in [1.29, 1.82) is 0 Å². The molecule has 2 bridgehead atoms. The summed E-state index contributed by atoms with van der Waals surface area (Å²) >= 11 is 0. The van der Waals surface area contributed by atoms with Crippen LogP contribution < -0.4 is 0 Å². The highest BCUT2D eigenvalue weighted by atomic mass is 16.5. The van der Waals surface area contributed by atoms with Gasteiger partial charge in [0.1, 0.15) is 0 Å². The number of rotatable bonds is 10. The van der Waals surface area contributed by atoms with E-state index >= 15 is 0 Å². The number of hydrogen-bond acceptors (Lipinski definition) is 4. The van der Waals surface area contributed by atoms with Gasteiger partial charge in [-0.3, -0.25) is 9.59 Å². The Morgan fingerprint density at radius 1 is 1.14 bits per heavy atom. The molecule has 35 heavy (non-hydrogen) atoms. The second-order valence-corrected chi connectivity index (χ2v) is 11.7. The van der Waals surface area contributed by atoms with Gasteiger partial charge < -0.3 is 14.6 Å². The number of aliphatic carboxylic acids is 1. The number of cyclic esters (lactones) is 1. The van der Waals surface area contributed by atoms with Gasteiger partial charge in [0.2, 0.25) is 0 Å². The highest BCUT2D eigenvalue weighted by molar-refractivity contribution is 5.70. The van der Waals surface area contributed by atoms with Gasteiger partial charge in [0.05, 0.1) is 18.8 Å². The molecule has 3 saturated carbocycles. The average molecular weight is 487 g/mol. The standard InChI is InChI=1S/C30H46O5/c1-3-4-5-9-25-23(19-28(31)32)12-14-27(25)35-21(2)8-6-10-26-22-11-13-24-20-29(33)34-18-7-16-30(24,26)17-15-22/h4-6,8,21-27H,3,7,9-20H2,1-2H3,(H,31,32)/b5-4-,8-6-. The van der Waals surface area contributed by atoms with Crippen LogP contribution in [0.2, 0.25) is 0 Å². The van der Waals surface area contributed by atoms with Crippen molar-refractivity contribution in [2.75, 3.05) is 6.61 Å². The summed E-state index contributed by atoms with van der Waals surface area (Å²) in [6, 6.07) is 0. The minimum absolute atomic E-state index is 0.0110. The summed E-state index contributed by atoms with van der Waals surface area (Å²) in [6.45, 7) is 4.84. The maximum Gasteiger partial charge on any atom is 0.306 e. The maximum absolute atomic E-state index is 12.2. The predicted molar refractivity (Wildman–Crippen MR) is 137 cm³/mol. The van der Waals surface area contributed by atoms with Crippen LogP contribution in [0.25, 0.3) is 0 Å². The van der Waals surface area contributed by atoms with Crippen LogP contribution in [0.4, 0.5) is 0 Å². The zero-order valence-corrected chi connectivity index (χ0v) is 21.8. The van der Waals surface area contributed by atoms with Crippen LogP contribution in [0.15, 0.2) is 24.3 Å². The fourth-order valence-corrected chi connectivity index (χ4v) is 8.22. The van der Waals surface area contributed by atoms with E-state index in [9.17, 15) is 14.7 Å². The number of hydrogen-bond donors (Lipinski definition) is 1. The molecule has 1 heterocycles. The lowest BCUT2D eigenvalue weighted by Gasteiger charge is -2.48. The molecule has 5 nitrogen and oxygen atoms in total. The minimum Gasteiger partial charge on any atom is -0.481 e. The fourth-order valence-electron chi connectivity index (χ4n) is 8.22. The van der Waals surface area contributed by atoms with Crippen molar-refractivity contribution in [3.63, 3.8) is 0 Å². The molecule has 196 valence electrons. The molecule has 4 aliphatic rings. The summed E-state index contributed by atoms with van der Waals surface area (Å²) in [5, 5.41) is 9.35. The number of carboxylic acids is 1. The molecule has 1 N–H and O–H groups in total. The SMILES string of the molecule is CC/C=C\CC1C(CC(=O)O)CCC1OC(C)/C=C\CC1C2CCC3CC(=O)OCCCC31CC2. The Balaban J connectivity index is 1.36. The first-order valence-electron chi connectivity index (χ1n) is 14.3. The van der Waals surface area contributed by atoms with Gasteiger partial charge in [-0.2, -0.15) is 0 Å². The molecule has 8 unspecified atom stereocenters. The lowest BCUT2D eigenvalue weighted by molar-refractivity contribution is -0.150. The van der Waals surface area contributed by atoms with E-state index in [1.807, 2.05) is 0 Å². The topological polar surface area (TPSA) is 72.8 Å². The van der Waals surface area contributed by atoms with E-state index in [2.05, 4.69) is 38.2 Å². The predicted octanol–water partition coefficient (Wildman–Crippen LogP) is 6.71. The third kappa shape index (κ3) is 6.21. The smallest absolute Gasteiger partial charge is 0.306 e. The first-order chi connectivity index (χ1) is 16.9. The van der Waals surface area contributed by atoms with Crippen LogP contribution in [0.1, 0.15) is 97.3 Å². The van der Waals surface area contributed by atoms with Gasteiger partial charge in [-0.25, -0.2) is 0 Å². The Kier molecular flexibility index (Phi) is 9.13. The number of carbonyl (C=O) groups is 2. The molecule has 1 saturated heterocycles. The molecule has 4 fully saturated rings. The second-order valence-electron chi connectivity index (χ2n) is 11.7. The van der Waals surface area contributed by atoms with Crippen LogP contribution in [-0.4, -0.2) is 35.9 Å². The van der Waals surface area contributed by atoms with Gasteiger partial charge in [-0.15, -0.1) is 0 Å². The molecule has 5 heteroatoms. The summed E-state index contributed by atoms with van der Waals surface area (Å²) < 4.78 is 11.9. The van der Waals surface area contributed by atoms with E-state index in [-0.39, 0.29) is 36.4 Å². The zero-order chi connectivity index (χ0) is 24.8. The van der Waals surface area contributed by atoms with Gasteiger partial charge >= 0.3 is 11.9 Å². The van der Waals surface area contributed by atoms with Crippen LogP contribution in [0.3, 0.4) is 0 Å². The van der Waals surface area contributed by atoms with E-state index in [4.69, 9.17) is 9.47 Å². The second kappa shape index (κ2) is 12.1. The van der Waals surface area contributed by atoms with Crippen LogP contribution in [0, 0.1) is 35.0 Å². The fraction of sp³-hybridized carbons (Fsp3) is 0.800. The Morgan fingerprint density at radius 2 is 2.00 bits per heavy atom. The molecule has 4 rings (SSSR count). The summed E-state index contributed by atoms with van der Waals surface area (Å²) in [7, 11) is 0. The van der Waals surface area contributed by atoms with Gasteiger partial charge in [0.15, 0.2) is 0 Å². The third-order valence-electron chi connectivity index (χ3n) is 9.79. The van der Waals surface area contributed by atoms with Crippen LogP contribution in [0.5, 0.6) is 0 Å². The summed E-state index contributed by atoms with van der Waals surface area (Å²) in [6.07, 6.45) is 22.1. The maximum atomic E-state index is 12.2. The van der Waals surface area contributed by atoms with E-state index in [1.165, 1.54) is 32.1 Å². The lowest BCUT2D eigenvalue weighted by atomic mass is 9.57. The molecular formula is C30H46O5. The van der Waals surface area contributed by atoms with Crippen molar-refractivity contribution in [2.24, 2.45) is 35.0 Å². The summed E-state index contributed by atoms with van der Waals surface area (Å²) in [4.78, 5) is 23.6. The zero-order valence-electron chi connectivity index (χ0n) is 21.8. The highest BCUT2D eigenvalue weighted by Gasteiger charge is 2.55. The highest BCUT2D eigenvalue weighted by Crippen LogP contribution is 2.63. The molecule has 0 aromatic rings. The summed E-state index contributed by atoms with van der Waals surface area (Å²) in [5.74, 6) is 1.76. The largest absolute Gasteiger partial charge is 0.481 e. The van der Waals surface area contributed by atoms with E-state index < -0.39 is 5.97 Å². The molecule has 1 aliphatic heterocycles. The molecule has 1 spiro atoms. The monoisotopic (exact) mass is 486 g/mol. The van der Waals surface area contributed by atoms with Gasteiger partial charge in [0, 0.05) is 12.8 Å². The summed E-state index contributed by atoms with van der Waals surface area (Å²) in [5.41, 5.74) is 0.322. The normalized spacial score (nSPS) is 38.3. The van der Waals surface area contributed by atoms with Crippen molar-refractivity contribution >= 4 is 11.9 Å². The molecule has 0 radical (unpaired) electrons. The van der Waals surface area contributed by atoms with Gasteiger partial charge in [-0.05, 0) is 113 Å². The number of allylic oxidation sites excluding steroid dienone is 3. The first-order valence-corrected chi connectivity index (χ1v) is 14.3. The van der Waals surface area contributed by atoms with Crippen molar-refractivity contribution in [3.8, 4) is 0 Å². The Hall–Kier alpha value is -1.62. The molecule has 3 aliphatic carbocycles. The molecular weight excluding hydrogens is 440 g/mol. The number of esters is 1. The van der Waals surface area contributed by atoms with Crippen molar-refractivity contribution in [2.45, 2.75) is 110 Å². The average Bonchev–Trinajstić information content (AvgIpc) is 3.29. The van der Waals surface area contributed by atoms with Crippen molar-refractivity contribution in [1.82, 2.24) is 0 Å². The molecule has 0 aromatic heterocycles. The van der Waals surface area contributed by atoms with E-state index in [1.54, 1.807) is 0 Å². The lowest BCUT2D eigenvalue weighted by Crippen LogP contribution is -2.42. The van der Waals surface area contributed by atoms with Gasteiger partial charge in [-0.1, -0.05) is 31.2 Å². The number of carboxylic acid groups (broad SMARTS) is 1. The van der Waals surface area contributed by atoms with Crippen molar-refractivity contribution in [3.05, 3.63) is 24.3 Å². The van der Waals surface area contributed by atoms with Crippen molar-refractivity contribution < 1.29 is 24.2 Å². The quantitative estimate of drug-likeness (QED) is 0.274. The molecule has 0 aromatic carbocycles. The third-order valence-corrected chi connectivity index (χ3v) is 9.79. The Labute approximate surface area is 211 Å². The van der Waals surface area contributed by atoms with E-state index in [0.717, 1.165) is 44.4 Å². The Morgan fingerprint density at radius 3 is 2.80 bits per heavy atom. The van der Waals surface area contributed by atoms with E-state index in [0.29, 0.717) is 30.3 Å². The number of fused-ring (bicyclic) bond motifs is 1. The molecule has 0 amide bonds. The minimum atomic E-state index is -0.699.